The van der Waals surface area contributed by atoms with Crippen LogP contribution in [0.25, 0.3) is 0 Å². The molecule has 1 fully saturated rings. The van der Waals surface area contributed by atoms with Gasteiger partial charge in [0.1, 0.15) is 0 Å². The summed E-state index contributed by atoms with van der Waals surface area (Å²) in [6, 6.07) is 8.05. The molecule has 1 aromatic rings. The van der Waals surface area contributed by atoms with Crippen LogP contribution in [0.15, 0.2) is 24.3 Å². The molecular weight excluding hydrogens is 246 g/mol. The summed E-state index contributed by atoms with van der Waals surface area (Å²) in [5.41, 5.74) is 2.13. The van der Waals surface area contributed by atoms with E-state index >= 15 is 0 Å². The number of hydrogen-bond acceptors (Lipinski definition) is 2. The van der Waals surface area contributed by atoms with Crippen LogP contribution in [-0.2, 0) is 6.42 Å². The minimum absolute atomic E-state index is 0.0249. The first-order valence-electron chi connectivity index (χ1n) is 7.95. The monoisotopic (exact) mass is 273 g/mol. The Balaban J connectivity index is 1.95. The van der Waals surface area contributed by atoms with E-state index in [1.165, 1.54) is 31.2 Å². The molecule has 1 unspecified atom stereocenters. The number of likely N-dealkylation sites (N-methyl/N-ethyl adjacent to an activating group) is 1. The molecule has 1 aromatic carbocycles. The van der Waals surface area contributed by atoms with Gasteiger partial charge in [-0.15, -0.1) is 0 Å². The first-order valence-corrected chi connectivity index (χ1v) is 7.95. The summed E-state index contributed by atoms with van der Waals surface area (Å²) in [6.45, 7) is 5.22. The average Bonchev–Trinajstić information content (AvgIpc) is 2.98. The Morgan fingerprint density at radius 1 is 1.25 bits per heavy atom. The van der Waals surface area contributed by atoms with Crippen LogP contribution < -0.4 is 0 Å². The lowest BCUT2D eigenvalue weighted by Crippen LogP contribution is -2.38. The van der Waals surface area contributed by atoms with Crippen molar-refractivity contribution in [3.8, 4) is 0 Å². The van der Waals surface area contributed by atoms with E-state index in [0.717, 1.165) is 24.4 Å². The van der Waals surface area contributed by atoms with Gasteiger partial charge >= 0.3 is 0 Å². The fourth-order valence-corrected chi connectivity index (χ4v) is 3.10. The zero-order chi connectivity index (χ0) is 14.5. The predicted octanol–water partition coefficient (Wildman–Crippen LogP) is 3.94. The summed E-state index contributed by atoms with van der Waals surface area (Å²) in [5, 5.41) is 0. The maximum absolute atomic E-state index is 12.5. The summed E-state index contributed by atoms with van der Waals surface area (Å²) in [7, 11) is 2.08. The van der Waals surface area contributed by atoms with Crippen LogP contribution >= 0.6 is 0 Å². The normalized spacial score (nSPS) is 17.6. The number of carbonyl (C=O) groups is 1. The van der Waals surface area contributed by atoms with Crippen LogP contribution in [0.5, 0.6) is 0 Å². The number of rotatable bonds is 6. The summed E-state index contributed by atoms with van der Waals surface area (Å²) in [4.78, 5) is 14.7. The van der Waals surface area contributed by atoms with Gasteiger partial charge in [-0.25, -0.2) is 0 Å². The summed E-state index contributed by atoms with van der Waals surface area (Å²) < 4.78 is 0. The number of ketones is 1. The Morgan fingerprint density at radius 3 is 2.40 bits per heavy atom. The second-order valence-corrected chi connectivity index (χ2v) is 6.18. The van der Waals surface area contributed by atoms with Crippen molar-refractivity contribution in [2.24, 2.45) is 5.92 Å². The number of carbonyl (C=O) groups excluding carboxylic acids is 1. The molecule has 0 saturated heterocycles. The molecule has 1 aliphatic rings. The summed E-state index contributed by atoms with van der Waals surface area (Å²) in [6.07, 6.45) is 6.40. The molecule has 0 radical (unpaired) electrons. The largest absolute Gasteiger partial charge is 0.296 e. The number of Topliss-reactive ketones (excluding diaryl/α,β-unsaturated/α-hetero) is 1. The number of benzene rings is 1. The molecule has 0 spiro atoms. The minimum Gasteiger partial charge on any atom is -0.296 e. The third-order valence-electron chi connectivity index (χ3n) is 4.71. The molecule has 0 aromatic heterocycles. The average molecular weight is 273 g/mol. The van der Waals surface area contributed by atoms with E-state index in [0.29, 0.717) is 0 Å². The molecule has 0 N–H and O–H groups in total. The maximum Gasteiger partial charge on any atom is 0.179 e. The Hall–Kier alpha value is -1.15. The number of hydrogen-bond donors (Lipinski definition) is 0. The lowest BCUT2D eigenvalue weighted by Gasteiger charge is -2.26. The molecule has 1 saturated carbocycles. The van der Waals surface area contributed by atoms with Crippen molar-refractivity contribution in [2.75, 3.05) is 13.6 Å². The SMILES string of the molecule is CCc1ccc(C(=O)C(C)N(C)CC2CCCC2)cc1. The highest BCUT2D eigenvalue weighted by Gasteiger charge is 2.23. The molecule has 1 atom stereocenters. The third-order valence-corrected chi connectivity index (χ3v) is 4.71. The Bertz CT molecular complexity index is 431. The van der Waals surface area contributed by atoms with E-state index in [9.17, 15) is 4.79 Å². The first kappa shape index (κ1) is 15.2. The van der Waals surface area contributed by atoms with Crippen LogP contribution in [0.3, 0.4) is 0 Å². The molecular formula is C18H27NO. The van der Waals surface area contributed by atoms with Gasteiger partial charge in [-0.3, -0.25) is 9.69 Å². The molecule has 2 nitrogen and oxygen atoms in total. The molecule has 2 heteroatoms. The Labute approximate surface area is 123 Å². The zero-order valence-corrected chi connectivity index (χ0v) is 13.1. The van der Waals surface area contributed by atoms with Gasteiger partial charge < -0.3 is 0 Å². The predicted molar refractivity (Wildman–Crippen MR) is 84.2 cm³/mol. The number of aryl methyl sites for hydroxylation is 1. The van der Waals surface area contributed by atoms with Crippen molar-refractivity contribution in [1.82, 2.24) is 4.90 Å². The first-order chi connectivity index (χ1) is 9.61. The third kappa shape index (κ3) is 3.69. The molecule has 20 heavy (non-hydrogen) atoms. The van der Waals surface area contributed by atoms with Gasteiger partial charge in [-0.1, -0.05) is 44.0 Å². The highest BCUT2D eigenvalue weighted by Crippen LogP contribution is 2.26. The lowest BCUT2D eigenvalue weighted by molar-refractivity contribution is 0.0853. The summed E-state index contributed by atoms with van der Waals surface area (Å²) in [5.74, 6) is 1.03. The van der Waals surface area contributed by atoms with Crippen LogP contribution in [0, 0.1) is 5.92 Å². The van der Waals surface area contributed by atoms with Crippen molar-refractivity contribution < 1.29 is 4.79 Å². The van der Waals surface area contributed by atoms with E-state index in [-0.39, 0.29) is 11.8 Å². The minimum atomic E-state index is -0.0249. The van der Waals surface area contributed by atoms with Gasteiger partial charge in [0.05, 0.1) is 6.04 Å². The van der Waals surface area contributed by atoms with Gasteiger partial charge in [0, 0.05) is 12.1 Å². The molecule has 0 amide bonds. The van der Waals surface area contributed by atoms with Gasteiger partial charge in [0.2, 0.25) is 0 Å². The van der Waals surface area contributed by atoms with Gasteiger partial charge in [-0.05, 0) is 44.7 Å². The van der Waals surface area contributed by atoms with E-state index in [4.69, 9.17) is 0 Å². The second-order valence-electron chi connectivity index (χ2n) is 6.18. The van der Waals surface area contributed by atoms with Crippen LogP contribution in [0.4, 0.5) is 0 Å². The Morgan fingerprint density at radius 2 is 1.85 bits per heavy atom. The lowest BCUT2D eigenvalue weighted by atomic mass is 10.0. The fraction of sp³-hybridized carbons (Fsp3) is 0.611. The van der Waals surface area contributed by atoms with Crippen molar-refractivity contribution in [3.63, 3.8) is 0 Å². The van der Waals surface area contributed by atoms with Crippen LogP contribution in [0.1, 0.15) is 55.5 Å². The van der Waals surface area contributed by atoms with E-state index < -0.39 is 0 Å². The van der Waals surface area contributed by atoms with Gasteiger partial charge in [-0.2, -0.15) is 0 Å². The highest BCUT2D eigenvalue weighted by molar-refractivity contribution is 5.99. The van der Waals surface area contributed by atoms with E-state index in [2.05, 4.69) is 31.0 Å². The molecule has 0 bridgehead atoms. The fourth-order valence-electron chi connectivity index (χ4n) is 3.10. The summed E-state index contributed by atoms with van der Waals surface area (Å²) >= 11 is 0. The van der Waals surface area contributed by atoms with Crippen LogP contribution in [0.2, 0.25) is 0 Å². The van der Waals surface area contributed by atoms with Gasteiger partial charge in [0.25, 0.3) is 0 Å². The maximum atomic E-state index is 12.5. The molecule has 1 aliphatic carbocycles. The highest BCUT2D eigenvalue weighted by atomic mass is 16.1. The quantitative estimate of drug-likeness (QED) is 0.732. The standard InChI is InChI=1S/C18H27NO/c1-4-15-9-11-17(12-10-15)18(20)14(2)19(3)13-16-7-5-6-8-16/h9-12,14,16H,4-8,13H2,1-3H3. The molecule has 2 rings (SSSR count). The van der Waals surface area contributed by atoms with Crippen molar-refractivity contribution in [2.45, 2.75) is 52.0 Å². The Kier molecular flexibility index (Phi) is 5.36. The van der Waals surface area contributed by atoms with Crippen molar-refractivity contribution in [1.29, 1.82) is 0 Å². The van der Waals surface area contributed by atoms with Crippen molar-refractivity contribution >= 4 is 5.78 Å². The smallest absolute Gasteiger partial charge is 0.179 e. The van der Waals surface area contributed by atoms with Gasteiger partial charge in [0.15, 0.2) is 5.78 Å². The van der Waals surface area contributed by atoms with E-state index in [1.807, 2.05) is 19.1 Å². The molecule has 110 valence electrons. The van der Waals surface area contributed by atoms with Crippen molar-refractivity contribution in [3.05, 3.63) is 35.4 Å². The molecule has 0 heterocycles. The zero-order valence-electron chi connectivity index (χ0n) is 13.1. The van der Waals surface area contributed by atoms with E-state index in [1.54, 1.807) is 0 Å². The van der Waals surface area contributed by atoms with Crippen LogP contribution in [-0.4, -0.2) is 30.3 Å². The molecule has 0 aliphatic heterocycles. The topological polar surface area (TPSA) is 20.3 Å². The number of nitrogens with zero attached hydrogens (tertiary/aromatic N) is 1. The second kappa shape index (κ2) is 7.03.